The highest BCUT2D eigenvalue weighted by Gasteiger charge is 2.45. The lowest BCUT2D eigenvalue weighted by molar-refractivity contribution is -0.150. The van der Waals surface area contributed by atoms with Crippen molar-refractivity contribution in [3.8, 4) is 11.8 Å². The van der Waals surface area contributed by atoms with Gasteiger partial charge in [0.1, 0.15) is 11.7 Å². The lowest BCUT2D eigenvalue weighted by Gasteiger charge is -2.31. The van der Waals surface area contributed by atoms with Crippen molar-refractivity contribution in [3.63, 3.8) is 0 Å². The number of hydrogen-bond acceptors (Lipinski definition) is 7. The molecule has 0 unspecified atom stereocenters. The normalized spacial score (nSPS) is 19.1. The molecule has 1 aliphatic heterocycles. The summed E-state index contributed by atoms with van der Waals surface area (Å²) in [4.78, 5) is 36.1. The molecule has 0 spiro atoms. The van der Waals surface area contributed by atoms with Gasteiger partial charge in [-0.3, -0.25) is 14.4 Å². The number of nitrogens with two attached hydrogens (primary N) is 1. The summed E-state index contributed by atoms with van der Waals surface area (Å²) in [5.74, 6) is -3.82. The Balaban J connectivity index is 2.65. The number of carbonyl (C=O) groups excluding carboxylic acids is 3. The van der Waals surface area contributed by atoms with E-state index in [-0.39, 0.29) is 16.4 Å². The number of hydrogen-bond donors (Lipinski definition) is 2. The number of allylic oxidation sites excluding steroid dienone is 1. The topological polar surface area (TPSA) is 132 Å². The predicted molar refractivity (Wildman–Crippen MR) is 98.3 cm³/mol. The van der Waals surface area contributed by atoms with Crippen molar-refractivity contribution in [2.45, 2.75) is 12.8 Å². The van der Waals surface area contributed by atoms with Gasteiger partial charge in [0.05, 0.1) is 36.1 Å². The van der Waals surface area contributed by atoms with Gasteiger partial charge < -0.3 is 20.5 Å². The van der Waals surface area contributed by atoms with Crippen molar-refractivity contribution >= 4 is 29.5 Å². The molecule has 0 saturated heterocycles. The van der Waals surface area contributed by atoms with E-state index < -0.39 is 29.6 Å². The second-order valence-electron chi connectivity index (χ2n) is 5.55. The largest absolute Gasteiger partial charge is 0.494 e. The standard InChI is InChI=1S/C18H19N3O5S/c1-3-26-12-7-5-4-6-10(12)14-11(8-19)17(27-9-13(20)22)21-16(23)15(14)18(24)25-2/h4-7,14-15H,3,9H2,1-2H3,(H2,20,22)(H,21,23)/t14-,15-/m1/s1. The first-order valence-electron chi connectivity index (χ1n) is 8.10. The summed E-state index contributed by atoms with van der Waals surface area (Å²) in [6, 6.07) is 8.92. The average Bonchev–Trinajstić information content (AvgIpc) is 2.65. The number of methoxy groups -OCH3 is 1. The molecule has 9 heteroatoms. The van der Waals surface area contributed by atoms with Crippen LogP contribution in [0, 0.1) is 17.2 Å². The third-order valence-corrected chi connectivity index (χ3v) is 4.94. The fourth-order valence-corrected chi connectivity index (χ4v) is 3.61. The van der Waals surface area contributed by atoms with Crippen molar-refractivity contribution in [2.24, 2.45) is 11.7 Å². The third-order valence-electron chi connectivity index (χ3n) is 3.90. The first kappa shape index (κ1) is 20.3. The van der Waals surface area contributed by atoms with E-state index >= 15 is 0 Å². The van der Waals surface area contributed by atoms with Crippen molar-refractivity contribution in [1.29, 1.82) is 5.26 Å². The molecule has 0 aromatic heterocycles. The van der Waals surface area contributed by atoms with Crippen LogP contribution in [-0.2, 0) is 19.1 Å². The molecule has 1 heterocycles. The number of carbonyl (C=O) groups is 3. The molecule has 0 fully saturated rings. The Morgan fingerprint density at radius 3 is 2.67 bits per heavy atom. The zero-order valence-electron chi connectivity index (χ0n) is 14.9. The van der Waals surface area contributed by atoms with E-state index in [1.807, 2.05) is 0 Å². The molecule has 2 atom stereocenters. The van der Waals surface area contributed by atoms with Crippen LogP contribution in [-0.4, -0.2) is 37.3 Å². The summed E-state index contributed by atoms with van der Waals surface area (Å²) in [6.45, 7) is 2.17. The zero-order valence-corrected chi connectivity index (χ0v) is 15.7. The number of nitrogens with one attached hydrogen (secondary N) is 1. The molecular weight excluding hydrogens is 370 g/mol. The van der Waals surface area contributed by atoms with Crippen LogP contribution in [0.5, 0.6) is 5.75 Å². The van der Waals surface area contributed by atoms with Gasteiger partial charge in [0.15, 0.2) is 0 Å². The van der Waals surface area contributed by atoms with Gasteiger partial charge in [0.2, 0.25) is 11.8 Å². The highest BCUT2D eigenvalue weighted by Crippen LogP contribution is 2.43. The van der Waals surface area contributed by atoms with Gasteiger partial charge in [0.25, 0.3) is 0 Å². The summed E-state index contributed by atoms with van der Waals surface area (Å²) >= 11 is 0.939. The van der Waals surface area contributed by atoms with Gasteiger partial charge >= 0.3 is 5.97 Å². The molecule has 1 aromatic carbocycles. The third kappa shape index (κ3) is 4.41. The summed E-state index contributed by atoms with van der Waals surface area (Å²) in [5, 5.41) is 12.5. The highest BCUT2D eigenvalue weighted by atomic mass is 32.2. The van der Waals surface area contributed by atoms with Crippen LogP contribution >= 0.6 is 11.8 Å². The Labute approximate surface area is 160 Å². The van der Waals surface area contributed by atoms with Crippen LogP contribution in [0.3, 0.4) is 0 Å². The van der Waals surface area contributed by atoms with Gasteiger partial charge in [-0.05, 0) is 13.0 Å². The van der Waals surface area contributed by atoms with Gasteiger partial charge in [0, 0.05) is 11.5 Å². The molecule has 1 aliphatic rings. The van der Waals surface area contributed by atoms with Crippen molar-refractivity contribution < 1.29 is 23.9 Å². The summed E-state index contributed by atoms with van der Waals surface area (Å²) in [7, 11) is 1.17. The Bertz CT molecular complexity index is 831. The fourth-order valence-electron chi connectivity index (χ4n) is 2.82. The lowest BCUT2D eigenvalue weighted by atomic mass is 9.78. The first-order valence-corrected chi connectivity index (χ1v) is 9.08. The molecule has 27 heavy (non-hydrogen) atoms. The molecular formula is C18H19N3O5S. The second-order valence-corrected chi connectivity index (χ2v) is 6.53. The van der Waals surface area contributed by atoms with Crippen LogP contribution < -0.4 is 15.8 Å². The molecule has 8 nitrogen and oxygen atoms in total. The monoisotopic (exact) mass is 389 g/mol. The molecule has 3 N–H and O–H groups in total. The van der Waals surface area contributed by atoms with Crippen molar-refractivity contribution in [3.05, 3.63) is 40.4 Å². The number of rotatable bonds is 7. The van der Waals surface area contributed by atoms with E-state index in [0.717, 1.165) is 11.8 Å². The number of primary amides is 1. The van der Waals surface area contributed by atoms with E-state index in [4.69, 9.17) is 15.2 Å². The number of amides is 2. The van der Waals surface area contributed by atoms with Crippen LogP contribution in [0.25, 0.3) is 0 Å². The number of para-hydroxylation sites is 1. The SMILES string of the molecule is CCOc1ccccc1[C@@H]1C(C#N)=C(SCC(N)=O)NC(=O)[C@@H]1C(=O)OC. The number of nitriles is 1. The maximum absolute atomic E-state index is 12.6. The van der Waals surface area contributed by atoms with Crippen LogP contribution in [0.1, 0.15) is 18.4 Å². The fraction of sp³-hybridized carbons (Fsp3) is 0.333. The smallest absolute Gasteiger partial charge is 0.319 e. The van der Waals surface area contributed by atoms with E-state index in [9.17, 15) is 19.6 Å². The van der Waals surface area contributed by atoms with E-state index in [1.165, 1.54) is 7.11 Å². The minimum atomic E-state index is -1.26. The van der Waals surface area contributed by atoms with Crippen molar-refractivity contribution in [1.82, 2.24) is 5.32 Å². The summed E-state index contributed by atoms with van der Waals surface area (Å²) < 4.78 is 10.4. The molecule has 0 bridgehead atoms. The zero-order chi connectivity index (χ0) is 20.0. The molecule has 0 saturated carbocycles. The molecule has 2 rings (SSSR count). The lowest BCUT2D eigenvalue weighted by Crippen LogP contribution is -2.44. The van der Waals surface area contributed by atoms with Gasteiger partial charge in [-0.15, -0.1) is 0 Å². The number of thioether (sulfide) groups is 1. The Hall–Kier alpha value is -2.99. The number of benzene rings is 1. The van der Waals surface area contributed by atoms with Crippen LogP contribution in [0.2, 0.25) is 0 Å². The molecule has 142 valence electrons. The second kappa shape index (κ2) is 9.09. The maximum atomic E-state index is 12.6. The number of esters is 1. The minimum absolute atomic E-state index is 0.122. The van der Waals surface area contributed by atoms with Gasteiger partial charge in [-0.2, -0.15) is 5.26 Å². The Morgan fingerprint density at radius 2 is 2.07 bits per heavy atom. The van der Waals surface area contributed by atoms with E-state index in [0.29, 0.717) is 17.9 Å². The van der Waals surface area contributed by atoms with E-state index in [2.05, 4.69) is 11.4 Å². The maximum Gasteiger partial charge on any atom is 0.319 e. The first-order chi connectivity index (χ1) is 12.9. The minimum Gasteiger partial charge on any atom is -0.494 e. The number of nitrogens with zero attached hydrogens (tertiary/aromatic N) is 1. The molecule has 2 amide bonds. The Morgan fingerprint density at radius 1 is 1.37 bits per heavy atom. The van der Waals surface area contributed by atoms with Crippen molar-refractivity contribution in [2.75, 3.05) is 19.5 Å². The van der Waals surface area contributed by atoms with Gasteiger partial charge in [-0.25, -0.2) is 0 Å². The highest BCUT2D eigenvalue weighted by molar-refractivity contribution is 8.03. The molecule has 0 radical (unpaired) electrons. The molecule has 0 aliphatic carbocycles. The summed E-state index contributed by atoms with van der Waals surface area (Å²) in [5.41, 5.74) is 5.82. The van der Waals surface area contributed by atoms with Gasteiger partial charge in [-0.1, -0.05) is 30.0 Å². The molecule has 1 aromatic rings. The van der Waals surface area contributed by atoms with E-state index in [1.54, 1.807) is 31.2 Å². The summed E-state index contributed by atoms with van der Waals surface area (Å²) in [6.07, 6.45) is 0. The Kier molecular flexibility index (Phi) is 6.85. The quantitative estimate of drug-likeness (QED) is 0.526. The van der Waals surface area contributed by atoms with Crippen LogP contribution in [0.15, 0.2) is 34.9 Å². The predicted octanol–water partition coefficient (Wildman–Crippen LogP) is 1.04. The van der Waals surface area contributed by atoms with Crippen LogP contribution in [0.4, 0.5) is 0 Å². The number of ether oxygens (including phenoxy) is 2. The average molecular weight is 389 g/mol.